The molecule has 0 saturated heterocycles. The van der Waals surface area contributed by atoms with Gasteiger partial charge >= 0.3 is 0 Å². The summed E-state index contributed by atoms with van der Waals surface area (Å²) >= 11 is 6.47. The van der Waals surface area contributed by atoms with Crippen molar-refractivity contribution in [2.75, 3.05) is 24.6 Å². The van der Waals surface area contributed by atoms with E-state index in [0.717, 1.165) is 43.7 Å². The lowest BCUT2D eigenvalue weighted by atomic mass is 10.0. The first-order valence-electron chi connectivity index (χ1n) is 8.55. The quantitative estimate of drug-likeness (QED) is 0.435. The van der Waals surface area contributed by atoms with Crippen LogP contribution in [0.4, 0.5) is 11.5 Å². The van der Waals surface area contributed by atoms with Crippen molar-refractivity contribution >= 4 is 60.9 Å². The van der Waals surface area contributed by atoms with E-state index in [1.165, 1.54) is 11.8 Å². The number of anilines is 2. The lowest BCUT2D eigenvalue weighted by Crippen LogP contribution is -2.01. The molecule has 4 aromatic rings. The van der Waals surface area contributed by atoms with Crippen molar-refractivity contribution in [3.05, 3.63) is 48.8 Å². The molecule has 0 atom stereocenters. The second-order valence-corrected chi connectivity index (χ2v) is 7.09. The third kappa shape index (κ3) is 4.21. The van der Waals surface area contributed by atoms with Gasteiger partial charge < -0.3 is 16.4 Å². The third-order valence-electron chi connectivity index (χ3n) is 4.06. The van der Waals surface area contributed by atoms with E-state index >= 15 is 0 Å². The largest absolute Gasteiger partial charge is 0.382 e. The van der Waals surface area contributed by atoms with Crippen LogP contribution in [0.5, 0.6) is 0 Å². The monoisotopic (exact) mass is 395 g/mol. The average molecular weight is 396 g/mol. The molecule has 138 valence electrons. The van der Waals surface area contributed by atoms with Crippen molar-refractivity contribution in [2.24, 2.45) is 0 Å². The van der Waals surface area contributed by atoms with Gasteiger partial charge in [-0.05, 0) is 42.9 Å². The maximum absolute atomic E-state index is 5.96. The van der Waals surface area contributed by atoms with E-state index in [2.05, 4.69) is 57.9 Å². The lowest BCUT2D eigenvalue weighted by molar-refractivity contribution is 0.864. The lowest BCUT2D eigenvalue weighted by Gasteiger charge is -2.05. The van der Waals surface area contributed by atoms with Crippen LogP contribution < -0.4 is 16.4 Å². The van der Waals surface area contributed by atoms with Gasteiger partial charge in [0.15, 0.2) is 0 Å². The molecule has 2 heterocycles. The molecule has 0 aliphatic rings. The Morgan fingerprint density at radius 1 is 1.15 bits per heavy atom. The summed E-state index contributed by atoms with van der Waals surface area (Å²) in [5.74, 6) is 0.532. The van der Waals surface area contributed by atoms with Crippen LogP contribution in [0.1, 0.15) is 6.92 Å². The van der Waals surface area contributed by atoms with Crippen molar-refractivity contribution in [1.29, 1.82) is 0 Å². The van der Waals surface area contributed by atoms with Crippen LogP contribution >= 0.6 is 23.6 Å². The molecular formula is C20H21N5S2. The van der Waals surface area contributed by atoms with E-state index in [9.17, 15) is 0 Å². The maximum atomic E-state index is 5.96. The minimum atomic E-state index is 0.532. The molecule has 0 amide bonds. The zero-order valence-corrected chi connectivity index (χ0v) is 16.8. The minimum absolute atomic E-state index is 0.532. The van der Waals surface area contributed by atoms with Gasteiger partial charge in [-0.1, -0.05) is 43.4 Å². The Morgan fingerprint density at radius 3 is 2.67 bits per heavy atom. The van der Waals surface area contributed by atoms with E-state index < -0.39 is 0 Å². The summed E-state index contributed by atoms with van der Waals surface area (Å²) in [6.07, 6.45) is 1.51. The summed E-state index contributed by atoms with van der Waals surface area (Å²) < 4.78 is 2.09. The number of benzene rings is 2. The Labute approximate surface area is 167 Å². The molecule has 0 saturated carbocycles. The second-order valence-electron chi connectivity index (χ2n) is 5.80. The fourth-order valence-corrected chi connectivity index (χ4v) is 3.86. The Balaban J connectivity index is 0.000000481. The third-order valence-corrected chi connectivity index (χ3v) is 5.34. The zero-order valence-electron chi connectivity index (χ0n) is 15.2. The maximum Gasteiger partial charge on any atom is 0.144 e. The van der Waals surface area contributed by atoms with E-state index in [1.54, 1.807) is 11.3 Å². The molecule has 5 nitrogen and oxygen atoms in total. The number of nitrogen functional groups attached to an aromatic ring is 1. The van der Waals surface area contributed by atoms with Crippen LogP contribution in [0.3, 0.4) is 0 Å². The molecule has 27 heavy (non-hydrogen) atoms. The highest BCUT2D eigenvalue weighted by molar-refractivity contribution is 7.79. The Kier molecular flexibility index (Phi) is 6.28. The summed E-state index contributed by atoms with van der Waals surface area (Å²) in [4.78, 5) is 8.44. The first-order valence-corrected chi connectivity index (χ1v) is 9.84. The number of nitrogens with one attached hydrogen (secondary N) is 2. The van der Waals surface area contributed by atoms with Gasteiger partial charge in [0, 0.05) is 15.8 Å². The van der Waals surface area contributed by atoms with Crippen molar-refractivity contribution in [1.82, 2.24) is 15.3 Å². The molecule has 0 unspecified atom stereocenters. The summed E-state index contributed by atoms with van der Waals surface area (Å²) in [6, 6.07) is 14.5. The topological polar surface area (TPSA) is 75.9 Å². The summed E-state index contributed by atoms with van der Waals surface area (Å²) in [5, 5.41) is 7.08. The molecule has 2 aromatic carbocycles. The van der Waals surface area contributed by atoms with E-state index in [0.29, 0.717) is 5.82 Å². The first kappa shape index (κ1) is 19.2. The van der Waals surface area contributed by atoms with E-state index in [-0.39, 0.29) is 0 Å². The van der Waals surface area contributed by atoms with Crippen LogP contribution in [0, 0.1) is 0 Å². The number of aromatic nitrogens is 2. The van der Waals surface area contributed by atoms with Crippen molar-refractivity contribution in [2.45, 2.75) is 6.92 Å². The highest BCUT2D eigenvalue weighted by atomic mass is 32.1. The van der Waals surface area contributed by atoms with Gasteiger partial charge in [0.1, 0.15) is 12.1 Å². The second kappa shape index (κ2) is 8.85. The molecule has 0 bridgehead atoms. The fraction of sp³-hybridized carbons (Fsp3) is 0.150. The van der Waals surface area contributed by atoms with Crippen LogP contribution in [-0.4, -0.2) is 29.1 Å². The highest BCUT2D eigenvalue weighted by Crippen LogP contribution is 2.37. The highest BCUT2D eigenvalue weighted by Gasteiger charge is 2.10. The van der Waals surface area contributed by atoms with Gasteiger partial charge in [0.2, 0.25) is 0 Å². The van der Waals surface area contributed by atoms with E-state index in [4.69, 9.17) is 18.0 Å². The van der Waals surface area contributed by atoms with Gasteiger partial charge in [0.25, 0.3) is 0 Å². The minimum Gasteiger partial charge on any atom is -0.382 e. The molecule has 0 spiro atoms. The smallest absolute Gasteiger partial charge is 0.144 e. The van der Waals surface area contributed by atoms with E-state index in [1.807, 2.05) is 19.2 Å². The van der Waals surface area contributed by atoms with Gasteiger partial charge in [-0.15, -0.1) is 11.3 Å². The van der Waals surface area contributed by atoms with Crippen LogP contribution in [0.15, 0.2) is 48.8 Å². The average Bonchev–Trinajstić information content (AvgIpc) is 3.08. The van der Waals surface area contributed by atoms with Crippen LogP contribution in [0.2, 0.25) is 0 Å². The van der Waals surface area contributed by atoms with Crippen molar-refractivity contribution in [3.63, 3.8) is 0 Å². The molecule has 2 aromatic heterocycles. The van der Waals surface area contributed by atoms with Gasteiger partial charge in [-0.2, -0.15) is 0 Å². The number of fused-ring (bicyclic) bond motifs is 3. The predicted molar refractivity (Wildman–Crippen MR) is 122 cm³/mol. The predicted octanol–water partition coefficient (Wildman–Crippen LogP) is 4.69. The molecule has 4 rings (SSSR count). The Morgan fingerprint density at radius 2 is 1.93 bits per heavy atom. The molecule has 0 aliphatic carbocycles. The SMILES string of the molecule is CCNC.Nc1ncnc2c1sc1cc(-c3cccc(NC=S)c3)ccc12. The number of nitrogens with two attached hydrogens (primary N) is 1. The standard InChI is InChI=1S/C17H12N4S2.C3H9N/c18-17-16-15(19-8-20-17)13-5-4-11(7-14(13)23-16)10-2-1-3-12(6-10)21-9-22;1-3-4-2/h1-9H,(H,21,22)(H2,18,19,20);4H,3H2,1-2H3. The number of hydrogen-bond donors (Lipinski definition) is 3. The summed E-state index contributed by atoms with van der Waals surface area (Å²) in [5.41, 5.74) is 11.6. The molecule has 7 heteroatoms. The molecular weight excluding hydrogens is 374 g/mol. The van der Waals surface area contributed by atoms with Crippen LogP contribution in [0.25, 0.3) is 31.4 Å². The number of thiocarbonyl (C=S) groups is 1. The van der Waals surface area contributed by atoms with Gasteiger partial charge in [-0.3, -0.25) is 0 Å². The Hall–Kier alpha value is -2.61. The summed E-state index contributed by atoms with van der Waals surface area (Å²) in [6.45, 7) is 3.14. The molecule has 0 aliphatic heterocycles. The summed E-state index contributed by atoms with van der Waals surface area (Å²) in [7, 11) is 1.93. The van der Waals surface area contributed by atoms with Crippen LogP contribution in [-0.2, 0) is 0 Å². The zero-order chi connectivity index (χ0) is 19.2. The van der Waals surface area contributed by atoms with Crippen molar-refractivity contribution in [3.8, 4) is 11.1 Å². The number of rotatable bonds is 4. The van der Waals surface area contributed by atoms with Crippen molar-refractivity contribution < 1.29 is 0 Å². The fourth-order valence-electron chi connectivity index (χ4n) is 2.63. The molecule has 0 radical (unpaired) electrons. The Bertz CT molecular complexity index is 1070. The van der Waals surface area contributed by atoms with Gasteiger partial charge in [-0.25, -0.2) is 9.97 Å². The number of thiophene rings is 1. The number of nitrogens with zero attached hydrogens (tertiary/aromatic N) is 2. The normalized spacial score (nSPS) is 10.4. The van der Waals surface area contributed by atoms with Gasteiger partial charge in [0.05, 0.1) is 15.7 Å². The first-order chi connectivity index (χ1) is 13.2. The molecule has 0 fully saturated rings. The molecule has 4 N–H and O–H groups in total. The number of hydrogen-bond acceptors (Lipinski definition) is 6.